The first kappa shape index (κ1) is 15.3. The minimum atomic E-state index is -0.792. The lowest BCUT2D eigenvalue weighted by Crippen LogP contribution is -2.43. The number of ether oxygens (including phenoxy) is 1. The van der Waals surface area contributed by atoms with E-state index in [1.807, 2.05) is 14.0 Å². The summed E-state index contributed by atoms with van der Waals surface area (Å²) in [7, 11) is 1.82. The van der Waals surface area contributed by atoms with Gasteiger partial charge in [0.15, 0.2) is 0 Å². The van der Waals surface area contributed by atoms with E-state index in [1.54, 1.807) is 4.90 Å². The molecule has 0 aromatic heterocycles. The highest BCUT2D eigenvalue weighted by molar-refractivity contribution is 5.78. The monoisotopic (exact) mass is 283 g/mol. The maximum atomic E-state index is 12.5. The molecule has 2 atom stereocenters. The number of rotatable bonds is 5. The summed E-state index contributed by atoms with van der Waals surface area (Å²) in [5.74, 6) is -0.726. The zero-order valence-corrected chi connectivity index (χ0v) is 12.4. The van der Waals surface area contributed by atoms with Crippen LogP contribution >= 0.6 is 0 Å². The second kappa shape index (κ2) is 6.12. The molecule has 1 aliphatic carbocycles. The van der Waals surface area contributed by atoms with Crippen molar-refractivity contribution >= 4 is 11.9 Å². The van der Waals surface area contributed by atoms with E-state index in [1.165, 1.54) is 0 Å². The summed E-state index contributed by atoms with van der Waals surface area (Å²) in [4.78, 5) is 25.3. The second-order valence-electron chi connectivity index (χ2n) is 6.39. The summed E-state index contributed by atoms with van der Waals surface area (Å²) in [6.45, 7) is 2.69. The predicted octanol–water partition coefficient (Wildman–Crippen LogP) is 2.05. The summed E-state index contributed by atoms with van der Waals surface area (Å²) in [6, 6.07) is 0.130. The molecule has 0 bridgehead atoms. The van der Waals surface area contributed by atoms with Gasteiger partial charge in [0.25, 0.3) is 0 Å². The second-order valence-corrected chi connectivity index (χ2v) is 6.39. The Morgan fingerprint density at radius 1 is 1.30 bits per heavy atom. The third-order valence-electron chi connectivity index (χ3n) is 4.94. The van der Waals surface area contributed by atoms with Gasteiger partial charge >= 0.3 is 5.97 Å². The van der Waals surface area contributed by atoms with E-state index in [2.05, 4.69) is 0 Å². The molecule has 2 rings (SSSR count). The lowest BCUT2D eigenvalue weighted by atomic mass is 9.79. The molecular formula is C15H25NO4. The molecule has 2 unspecified atom stereocenters. The molecule has 114 valence electrons. The summed E-state index contributed by atoms with van der Waals surface area (Å²) >= 11 is 0. The van der Waals surface area contributed by atoms with Gasteiger partial charge in [-0.3, -0.25) is 9.59 Å². The van der Waals surface area contributed by atoms with Crippen molar-refractivity contribution in [3.8, 4) is 0 Å². The Bertz CT molecular complexity index is 376. The summed E-state index contributed by atoms with van der Waals surface area (Å²) < 4.78 is 5.51. The molecule has 0 aromatic rings. The van der Waals surface area contributed by atoms with Crippen LogP contribution in [0.5, 0.6) is 0 Å². The molecule has 5 heteroatoms. The van der Waals surface area contributed by atoms with Crippen molar-refractivity contribution in [2.75, 3.05) is 13.7 Å². The number of carboxylic acid groups (broad SMARTS) is 1. The van der Waals surface area contributed by atoms with Gasteiger partial charge in [0.05, 0.1) is 18.6 Å². The fraction of sp³-hybridized carbons (Fsp3) is 0.867. The van der Waals surface area contributed by atoms with Crippen LogP contribution in [-0.2, 0) is 14.3 Å². The highest BCUT2D eigenvalue weighted by atomic mass is 16.5. The lowest BCUT2D eigenvalue weighted by Gasteiger charge is -2.32. The predicted molar refractivity (Wildman–Crippen MR) is 74.4 cm³/mol. The molecule has 2 fully saturated rings. The molecule has 1 aliphatic heterocycles. The molecule has 0 radical (unpaired) electrons. The average Bonchev–Trinajstić information content (AvgIpc) is 2.97. The zero-order chi connectivity index (χ0) is 14.8. The third-order valence-corrected chi connectivity index (χ3v) is 4.94. The largest absolute Gasteiger partial charge is 0.481 e. The van der Waals surface area contributed by atoms with Crippen LogP contribution < -0.4 is 0 Å². The summed E-state index contributed by atoms with van der Waals surface area (Å²) in [6.07, 6.45) is 5.20. The molecular weight excluding hydrogens is 258 g/mol. The fourth-order valence-corrected chi connectivity index (χ4v) is 3.72. The van der Waals surface area contributed by atoms with Crippen LogP contribution in [0.4, 0.5) is 0 Å². The van der Waals surface area contributed by atoms with Crippen molar-refractivity contribution in [3.05, 3.63) is 0 Å². The average molecular weight is 283 g/mol. The highest BCUT2D eigenvalue weighted by Gasteiger charge is 2.40. The molecule has 1 N–H and O–H groups in total. The minimum Gasteiger partial charge on any atom is -0.481 e. The van der Waals surface area contributed by atoms with Gasteiger partial charge in [-0.15, -0.1) is 0 Å². The lowest BCUT2D eigenvalue weighted by molar-refractivity contribution is -0.142. The number of hydrogen-bond acceptors (Lipinski definition) is 3. The molecule has 1 heterocycles. The number of hydrogen-bond donors (Lipinski definition) is 1. The van der Waals surface area contributed by atoms with Gasteiger partial charge in [0, 0.05) is 20.1 Å². The Hall–Kier alpha value is -1.10. The normalized spacial score (nSPS) is 28.5. The SMILES string of the molecule is CC1OCCC1N(C)C(=O)CC1(CC(=O)O)CCCC1. The van der Waals surface area contributed by atoms with Gasteiger partial charge in [-0.05, 0) is 31.6 Å². The Labute approximate surface area is 120 Å². The molecule has 1 saturated carbocycles. The van der Waals surface area contributed by atoms with Crippen molar-refractivity contribution in [3.63, 3.8) is 0 Å². The van der Waals surface area contributed by atoms with Crippen LogP contribution in [0.1, 0.15) is 51.9 Å². The zero-order valence-electron chi connectivity index (χ0n) is 12.4. The molecule has 2 aliphatic rings. The number of carboxylic acids is 1. The van der Waals surface area contributed by atoms with Crippen LogP contribution in [0, 0.1) is 5.41 Å². The standard InChI is InChI=1S/C15H25NO4/c1-11-12(5-8-20-11)16(2)13(17)9-15(10-14(18)19)6-3-4-7-15/h11-12H,3-10H2,1-2H3,(H,18,19). The van der Waals surface area contributed by atoms with Crippen LogP contribution in [-0.4, -0.2) is 47.7 Å². The summed E-state index contributed by atoms with van der Waals surface area (Å²) in [5, 5.41) is 9.10. The first-order valence-corrected chi connectivity index (χ1v) is 7.53. The first-order valence-electron chi connectivity index (χ1n) is 7.53. The first-order chi connectivity index (χ1) is 9.43. The maximum absolute atomic E-state index is 12.5. The van der Waals surface area contributed by atoms with Gasteiger partial charge < -0.3 is 14.7 Å². The molecule has 0 aromatic carbocycles. The van der Waals surface area contributed by atoms with Gasteiger partial charge in [0.1, 0.15) is 0 Å². The molecule has 20 heavy (non-hydrogen) atoms. The Morgan fingerprint density at radius 3 is 2.45 bits per heavy atom. The van der Waals surface area contributed by atoms with Gasteiger partial charge in [-0.1, -0.05) is 12.8 Å². The van der Waals surface area contributed by atoms with E-state index >= 15 is 0 Å². The topological polar surface area (TPSA) is 66.8 Å². The van der Waals surface area contributed by atoms with E-state index in [4.69, 9.17) is 9.84 Å². The van der Waals surface area contributed by atoms with Crippen molar-refractivity contribution < 1.29 is 19.4 Å². The van der Waals surface area contributed by atoms with Gasteiger partial charge in [-0.25, -0.2) is 0 Å². The van der Waals surface area contributed by atoms with E-state index < -0.39 is 5.97 Å². The Balaban J connectivity index is 1.99. The minimum absolute atomic E-state index is 0.0653. The summed E-state index contributed by atoms with van der Waals surface area (Å²) in [5.41, 5.74) is -0.320. The van der Waals surface area contributed by atoms with Crippen LogP contribution in [0.3, 0.4) is 0 Å². The van der Waals surface area contributed by atoms with Crippen molar-refractivity contribution in [2.24, 2.45) is 5.41 Å². The van der Waals surface area contributed by atoms with Crippen LogP contribution in [0.15, 0.2) is 0 Å². The number of aliphatic carboxylic acids is 1. The Kier molecular flexibility index (Phi) is 4.68. The number of nitrogens with zero attached hydrogens (tertiary/aromatic N) is 1. The fourth-order valence-electron chi connectivity index (χ4n) is 3.72. The quantitative estimate of drug-likeness (QED) is 0.838. The van der Waals surface area contributed by atoms with E-state index in [0.717, 1.165) is 32.1 Å². The molecule has 0 spiro atoms. The van der Waals surface area contributed by atoms with Crippen molar-refractivity contribution in [1.82, 2.24) is 4.90 Å². The number of carbonyl (C=O) groups excluding carboxylic acids is 1. The number of carbonyl (C=O) groups is 2. The maximum Gasteiger partial charge on any atom is 0.303 e. The van der Waals surface area contributed by atoms with Crippen LogP contribution in [0.25, 0.3) is 0 Å². The molecule has 1 saturated heterocycles. The smallest absolute Gasteiger partial charge is 0.303 e. The van der Waals surface area contributed by atoms with Crippen molar-refractivity contribution in [2.45, 2.75) is 64.0 Å². The third kappa shape index (κ3) is 3.32. The number of amides is 1. The van der Waals surface area contributed by atoms with E-state index in [0.29, 0.717) is 13.0 Å². The van der Waals surface area contributed by atoms with Gasteiger partial charge in [0.2, 0.25) is 5.91 Å². The Morgan fingerprint density at radius 2 is 1.95 bits per heavy atom. The van der Waals surface area contributed by atoms with Gasteiger partial charge in [-0.2, -0.15) is 0 Å². The molecule has 5 nitrogen and oxygen atoms in total. The molecule has 1 amide bonds. The highest BCUT2D eigenvalue weighted by Crippen LogP contribution is 2.44. The number of likely N-dealkylation sites (N-methyl/N-ethyl adjacent to an activating group) is 1. The van der Waals surface area contributed by atoms with Crippen LogP contribution in [0.2, 0.25) is 0 Å². The van der Waals surface area contributed by atoms with E-state index in [9.17, 15) is 9.59 Å². The van der Waals surface area contributed by atoms with E-state index in [-0.39, 0.29) is 29.9 Å². The van der Waals surface area contributed by atoms with Crippen molar-refractivity contribution in [1.29, 1.82) is 0 Å².